The first-order chi connectivity index (χ1) is 8.59. The Kier molecular flexibility index (Phi) is 2.72. The maximum atomic E-state index is 9.64. The molecule has 2 heterocycles. The average molecular weight is 250 g/mol. The molecular formula is C14H20NO3+. The highest BCUT2D eigenvalue weighted by Gasteiger charge is 2.48. The third-order valence-electron chi connectivity index (χ3n) is 4.06. The highest BCUT2D eigenvalue weighted by atomic mass is 16.5. The summed E-state index contributed by atoms with van der Waals surface area (Å²) in [6.07, 6.45) is 0.109. The predicted octanol–water partition coefficient (Wildman–Crippen LogP) is 0.303. The Morgan fingerprint density at radius 3 is 2.72 bits per heavy atom. The first-order valence-corrected chi connectivity index (χ1v) is 6.51. The Hall–Kier alpha value is -1.26. The molecule has 2 N–H and O–H groups in total. The van der Waals surface area contributed by atoms with Gasteiger partial charge in [-0.25, -0.2) is 0 Å². The number of nitrogens with one attached hydrogen (secondary N) is 1. The van der Waals surface area contributed by atoms with Gasteiger partial charge in [0.25, 0.3) is 0 Å². The number of fused-ring (bicyclic) bond motifs is 1. The van der Waals surface area contributed by atoms with Gasteiger partial charge in [-0.15, -0.1) is 0 Å². The Morgan fingerprint density at radius 2 is 2.00 bits per heavy atom. The van der Waals surface area contributed by atoms with Gasteiger partial charge in [-0.05, 0) is 32.0 Å². The second-order valence-electron chi connectivity index (χ2n) is 5.67. The summed E-state index contributed by atoms with van der Waals surface area (Å²) in [6, 6.07) is 5.38. The molecule has 1 aromatic carbocycles. The van der Waals surface area contributed by atoms with Crippen LogP contribution in [0.25, 0.3) is 0 Å². The maximum absolute atomic E-state index is 9.64. The van der Waals surface area contributed by atoms with Crippen LogP contribution in [0.5, 0.6) is 11.5 Å². The van der Waals surface area contributed by atoms with Gasteiger partial charge in [0, 0.05) is 5.56 Å². The molecule has 3 rings (SSSR count). The van der Waals surface area contributed by atoms with Crippen molar-refractivity contribution < 1.29 is 19.5 Å². The summed E-state index contributed by atoms with van der Waals surface area (Å²) >= 11 is 0. The minimum absolute atomic E-state index is 0.0826. The van der Waals surface area contributed by atoms with E-state index in [9.17, 15) is 5.11 Å². The van der Waals surface area contributed by atoms with Crippen LogP contribution < -0.4 is 9.64 Å². The van der Waals surface area contributed by atoms with E-state index in [2.05, 4.69) is 13.8 Å². The second kappa shape index (κ2) is 4.14. The molecule has 0 spiro atoms. The van der Waals surface area contributed by atoms with Crippen LogP contribution in [-0.2, 0) is 10.2 Å². The molecule has 0 aliphatic carbocycles. The van der Waals surface area contributed by atoms with Crippen LogP contribution in [-0.4, -0.2) is 37.6 Å². The number of rotatable bonds is 1. The molecule has 98 valence electrons. The topological polar surface area (TPSA) is 43.1 Å². The fourth-order valence-electron chi connectivity index (χ4n) is 3.03. The fraction of sp³-hybridized carbons (Fsp3) is 0.571. The summed E-state index contributed by atoms with van der Waals surface area (Å²) in [4.78, 5) is 1.43. The molecule has 0 saturated carbocycles. The molecule has 1 aromatic rings. The van der Waals surface area contributed by atoms with Crippen molar-refractivity contribution in [2.75, 3.05) is 26.3 Å². The van der Waals surface area contributed by atoms with Crippen LogP contribution in [0.4, 0.5) is 0 Å². The van der Waals surface area contributed by atoms with E-state index >= 15 is 0 Å². The second-order valence-corrected chi connectivity index (χ2v) is 5.67. The molecule has 0 bridgehead atoms. The molecule has 2 aliphatic heterocycles. The molecule has 0 amide bonds. The van der Waals surface area contributed by atoms with E-state index in [0.717, 1.165) is 37.6 Å². The van der Waals surface area contributed by atoms with Crippen molar-refractivity contribution in [2.24, 2.45) is 0 Å². The van der Waals surface area contributed by atoms with Gasteiger partial charge in [0.15, 0.2) is 0 Å². The van der Waals surface area contributed by atoms with Gasteiger partial charge < -0.3 is 14.6 Å². The van der Waals surface area contributed by atoms with Crippen LogP contribution in [0.15, 0.2) is 18.2 Å². The normalized spacial score (nSPS) is 26.7. The quantitative estimate of drug-likeness (QED) is 0.753. The third-order valence-corrected chi connectivity index (χ3v) is 4.06. The Bertz CT molecular complexity index is 452. The smallest absolute Gasteiger partial charge is 0.241 e. The molecule has 1 fully saturated rings. The van der Waals surface area contributed by atoms with Gasteiger partial charge in [-0.3, -0.25) is 4.90 Å². The molecule has 0 aromatic heterocycles. The lowest BCUT2D eigenvalue weighted by atomic mass is 9.83. The van der Waals surface area contributed by atoms with Crippen LogP contribution in [0.2, 0.25) is 0 Å². The SMILES string of the molecule is CC1(C)c2cc(O)ccc2O[C@@H]1[NH+]1CCOCC1. The van der Waals surface area contributed by atoms with Crippen LogP contribution in [0.1, 0.15) is 19.4 Å². The standard InChI is InChI=1S/C14H19NO3/c1-14(2)11-9-10(16)3-4-12(11)18-13(14)15-5-7-17-8-6-15/h3-4,9,13,16H,5-8H2,1-2H3/p+1/t13-/m0/s1. The maximum Gasteiger partial charge on any atom is 0.241 e. The van der Waals surface area contributed by atoms with Gasteiger partial charge in [0.05, 0.1) is 18.6 Å². The summed E-state index contributed by atoms with van der Waals surface area (Å²) in [7, 11) is 0. The molecule has 0 radical (unpaired) electrons. The summed E-state index contributed by atoms with van der Waals surface area (Å²) in [5, 5.41) is 9.64. The third kappa shape index (κ3) is 1.76. The van der Waals surface area contributed by atoms with Crippen LogP contribution in [0, 0.1) is 0 Å². The summed E-state index contributed by atoms with van der Waals surface area (Å²) < 4.78 is 11.5. The molecular weight excluding hydrogens is 230 g/mol. The van der Waals surface area contributed by atoms with Crippen LogP contribution >= 0.6 is 0 Å². The zero-order valence-electron chi connectivity index (χ0n) is 10.9. The van der Waals surface area contributed by atoms with Crippen molar-refractivity contribution in [3.8, 4) is 11.5 Å². The van der Waals surface area contributed by atoms with Crippen molar-refractivity contribution in [3.05, 3.63) is 23.8 Å². The van der Waals surface area contributed by atoms with E-state index in [4.69, 9.17) is 9.47 Å². The first kappa shape index (κ1) is 11.8. The number of aromatic hydroxyl groups is 1. The predicted molar refractivity (Wildman–Crippen MR) is 67.1 cm³/mol. The molecule has 0 unspecified atom stereocenters. The zero-order valence-corrected chi connectivity index (χ0v) is 10.9. The Labute approximate surface area is 107 Å². The highest BCUT2D eigenvalue weighted by Crippen LogP contribution is 2.42. The van der Waals surface area contributed by atoms with E-state index < -0.39 is 0 Å². The van der Waals surface area contributed by atoms with Crippen molar-refractivity contribution in [3.63, 3.8) is 0 Å². The van der Waals surface area contributed by atoms with E-state index in [0.29, 0.717) is 5.75 Å². The number of quaternary nitrogens is 1. The molecule has 4 heteroatoms. The number of hydrogen-bond donors (Lipinski definition) is 2. The van der Waals surface area contributed by atoms with Gasteiger partial charge in [0.2, 0.25) is 6.23 Å². The van der Waals surface area contributed by atoms with Gasteiger partial charge in [-0.1, -0.05) is 0 Å². The molecule has 1 saturated heterocycles. The van der Waals surface area contributed by atoms with Gasteiger partial charge in [0.1, 0.15) is 24.6 Å². The first-order valence-electron chi connectivity index (χ1n) is 6.51. The number of phenolic OH excluding ortho intramolecular Hbond substituents is 1. The highest BCUT2D eigenvalue weighted by molar-refractivity contribution is 5.47. The van der Waals surface area contributed by atoms with Gasteiger partial charge >= 0.3 is 0 Å². The lowest BCUT2D eigenvalue weighted by Gasteiger charge is -2.34. The van der Waals surface area contributed by atoms with E-state index in [1.54, 1.807) is 6.07 Å². The summed E-state index contributed by atoms with van der Waals surface area (Å²) in [5.74, 6) is 1.21. The minimum atomic E-state index is -0.0826. The van der Waals surface area contributed by atoms with Gasteiger partial charge in [-0.2, -0.15) is 0 Å². The van der Waals surface area contributed by atoms with E-state index in [1.807, 2.05) is 12.1 Å². The number of morpholine rings is 1. The Balaban J connectivity index is 1.92. The summed E-state index contributed by atoms with van der Waals surface area (Å²) in [6.45, 7) is 7.93. The Morgan fingerprint density at radius 1 is 1.28 bits per heavy atom. The lowest BCUT2D eigenvalue weighted by molar-refractivity contribution is -0.954. The van der Waals surface area contributed by atoms with E-state index in [-0.39, 0.29) is 11.6 Å². The number of hydrogen-bond acceptors (Lipinski definition) is 3. The van der Waals surface area contributed by atoms with Crippen molar-refractivity contribution in [1.82, 2.24) is 0 Å². The molecule has 18 heavy (non-hydrogen) atoms. The monoisotopic (exact) mass is 250 g/mol. The zero-order chi connectivity index (χ0) is 12.8. The number of phenols is 1. The molecule has 2 aliphatic rings. The van der Waals surface area contributed by atoms with Crippen molar-refractivity contribution >= 4 is 0 Å². The van der Waals surface area contributed by atoms with Crippen LogP contribution in [0.3, 0.4) is 0 Å². The fourth-order valence-corrected chi connectivity index (χ4v) is 3.03. The minimum Gasteiger partial charge on any atom is -0.508 e. The number of ether oxygens (including phenoxy) is 2. The van der Waals surface area contributed by atoms with Crippen molar-refractivity contribution in [1.29, 1.82) is 0 Å². The molecule has 1 atom stereocenters. The average Bonchev–Trinajstić information content (AvgIpc) is 2.63. The largest absolute Gasteiger partial charge is 0.508 e. The molecule has 4 nitrogen and oxygen atoms in total. The van der Waals surface area contributed by atoms with Crippen molar-refractivity contribution in [2.45, 2.75) is 25.5 Å². The lowest BCUT2D eigenvalue weighted by Crippen LogP contribution is -3.19. The van der Waals surface area contributed by atoms with E-state index in [1.165, 1.54) is 4.90 Å². The number of benzene rings is 1. The summed E-state index contributed by atoms with van der Waals surface area (Å²) in [5.41, 5.74) is 1.02.